The molecule has 3 unspecified atom stereocenters. The maximum atomic E-state index is 10.4. The second-order valence-electron chi connectivity index (χ2n) is 4.59. The van der Waals surface area contributed by atoms with Crippen molar-refractivity contribution < 1.29 is 19.7 Å². The van der Waals surface area contributed by atoms with E-state index in [0.29, 0.717) is 17.1 Å². The number of nitrogens with one attached hydrogen (secondary N) is 1. The molecule has 5 heteroatoms. The van der Waals surface area contributed by atoms with Gasteiger partial charge in [-0.1, -0.05) is 0 Å². The fraction of sp³-hybridized carbons (Fsp3) is 0.571. The number of aliphatic hydroxyl groups is 2. The van der Waals surface area contributed by atoms with Gasteiger partial charge in [0.2, 0.25) is 0 Å². The van der Waals surface area contributed by atoms with Crippen molar-refractivity contribution in [2.75, 3.05) is 20.8 Å². The van der Waals surface area contributed by atoms with Crippen LogP contribution in [0.3, 0.4) is 0 Å². The highest BCUT2D eigenvalue weighted by molar-refractivity contribution is 5.42. The molecule has 5 nitrogen and oxygen atoms in total. The topological polar surface area (TPSA) is 71.0 Å². The van der Waals surface area contributed by atoms with Gasteiger partial charge in [0, 0.05) is 17.6 Å². The highest BCUT2D eigenvalue weighted by Gasteiger charge is 2.21. The molecule has 0 saturated carbocycles. The van der Waals surface area contributed by atoms with Crippen LogP contribution in [0.4, 0.5) is 0 Å². The summed E-state index contributed by atoms with van der Waals surface area (Å²) >= 11 is 0. The molecule has 0 heterocycles. The Balaban J connectivity index is 2.93. The van der Waals surface area contributed by atoms with E-state index in [1.165, 1.54) is 0 Å². The maximum absolute atomic E-state index is 10.4. The first-order chi connectivity index (χ1) is 9.03. The van der Waals surface area contributed by atoms with Crippen molar-refractivity contribution >= 4 is 0 Å². The zero-order valence-electron chi connectivity index (χ0n) is 11.9. The van der Waals surface area contributed by atoms with E-state index in [2.05, 4.69) is 5.32 Å². The molecule has 108 valence electrons. The minimum atomic E-state index is -0.751. The summed E-state index contributed by atoms with van der Waals surface area (Å²) in [5.41, 5.74) is 0.659. The summed E-state index contributed by atoms with van der Waals surface area (Å²) in [5.74, 6) is 1.27. The Morgan fingerprint density at radius 3 is 2.42 bits per heavy atom. The molecule has 0 saturated heterocycles. The van der Waals surface area contributed by atoms with Crippen LogP contribution in [0.5, 0.6) is 11.5 Å². The summed E-state index contributed by atoms with van der Waals surface area (Å²) in [7, 11) is 3.14. The number of hydrogen-bond donors (Lipinski definition) is 3. The van der Waals surface area contributed by atoms with Crippen molar-refractivity contribution in [3.8, 4) is 11.5 Å². The smallest absolute Gasteiger partial charge is 0.124 e. The van der Waals surface area contributed by atoms with Crippen molar-refractivity contribution in [1.29, 1.82) is 0 Å². The number of methoxy groups -OCH3 is 2. The second kappa shape index (κ2) is 7.33. The Labute approximate surface area is 114 Å². The van der Waals surface area contributed by atoms with Crippen LogP contribution in [0.25, 0.3) is 0 Å². The Bertz CT molecular complexity index is 397. The average molecular weight is 269 g/mol. The van der Waals surface area contributed by atoms with Crippen molar-refractivity contribution in [1.82, 2.24) is 5.32 Å². The molecule has 1 aromatic carbocycles. The summed E-state index contributed by atoms with van der Waals surface area (Å²) in [6.07, 6.45) is -0.751. The average Bonchev–Trinajstić information content (AvgIpc) is 2.45. The molecule has 0 radical (unpaired) electrons. The van der Waals surface area contributed by atoms with Crippen molar-refractivity contribution in [3.05, 3.63) is 23.8 Å². The highest BCUT2D eigenvalue weighted by atomic mass is 16.5. The molecule has 0 aliphatic rings. The zero-order valence-corrected chi connectivity index (χ0v) is 11.9. The number of rotatable bonds is 7. The Kier molecular flexibility index (Phi) is 6.08. The molecule has 0 aromatic heterocycles. The third kappa shape index (κ3) is 4.09. The normalized spacial score (nSPS) is 15.7. The van der Waals surface area contributed by atoms with E-state index in [0.717, 1.165) is 0 Å². The molecule has 19 heavy (non-hydrogen) atoms. The second-order valence-corrected chi connectivity index (χ2v) is 4.59. The maximum Gasteiger partial charge on any atom is 0.124 e. The van der Waals surface area contributed by atoms with Gasteiger partial charge in [0.15, 0.2) is 0 Å². The van der Waals surface area contributed by atoms with Crippen molar-refractivity contribution in [3.63, 3.8) is 0 Å². The van der Waals surface area contributed by atoms with Gasteiger partial charge in [-0.15, -0.1) is 0 Å². The summed E-state index contributed by atoms with van der Waals surface area (Å²) in [6, 6.07) is 5.00. The number of hydrogen-bond acceptors (Lipinski definition) is 5. The van der Waals surface area contributed by atoms with Crippen molar-refractivity contribution in [2.24, 2.45) is 0 Å². The number of aliphatic hydroxyl groups excluding tert-OH is 2. The van der Waals surface area contributed by atoms with Crippen LogP contribution in [0.15, 0.2) is 18.2 Å². The van der Waals surface area contributed by atoms with Gasteiger partial charge in [0.1, 0.15) is 11.5 Å². The Morgan fingerprint density at radius 2 is 1.89 bits per heavy atom. The number of benzene rings is 1. The summed E-state index contributed by atoms with van der Waals surface area (Å²) in [5, 5.41) is 22.5. The lowest BCUT2D eigenvalue weighted by Crippen LogP contribution is -2.40. The molecule has 0 aliphatic carbocycles. The van der Waals surface area contributed by atoms with Crippen LogP contribution in [0.2, 0.25) is 0 Å². The largest absolute Gasteiger partial charge is 0.497 e. The molecular weight excluding hydrogens is 246 g/mol. The first kappa shape index (κ1) is 15.8. The molecule has 3 N–H and O–H groups in total. The van der Waals surface area contributed by atoms with Crippen LogP contribution >= 0.6 is 0 Å². The van der Waals surface area contributed by atoms with Crippen LogP contribution in [0.1, 0.15) is 25.5 Å². The summed E-state index contributed by atoms with van der Waals surface area (Å²) in [6.45, 7) is 3.73. The van der Waals surface area contributed by atoms with E-state index < -0.39 is 6.10 Å². The van der Waals surface area contributed by atoms with Crippen LogP contribution in [0, 0.1) is 0 Å². The van der Waals surface area contributed by atoms with E-state index in [9.17, 15) is 5.11 Å². The number of ether oxygens (including phenoxy) is 2. The molecule has 0 fully saturated rings. The van der Waals surface area contributed by atoms with Gasteiger partial charge in [-0.25, -0.2) is 0 Å². The van der Waals surface area contributed by atoms with E-state index >= 15 is 0 Å². The predicted molar refractivity (Wildman–Crippen MR) is 73.7 cm³/mol. The molecule has 0 bridgehead atoms. The first-order valence-electron chi connectivity index (χ1n) is 6.30. The summed E-state index contributed by atoms with van der Waals surface area (Å²) < 4.78 is 10.4. The third-order valence-electron chi connectivity index (χ3n) is 3.05. The van der Waals surface area contributed by atoms with E-state index in [4.69, 9.17) is 14.6 Å². The fourth-order valence-corrected chi connectivity index (χ4v) is 1.93. The lowest BCUT2D eigenvalue weighted by atomic mass is 10.0. The van der Waals surface area contributed by atoms with E-state index in [1.807, 2.05) is 13.8 Å². The molecule has 0 aliphatic heterocycles. The molecule has 1 rings (SSSR count). The van der Waals surface area contributed by atoms with Gasteiger partial charge in [-0.2, -0.15) is 0 Å². The van der Waals surface area contributed by atoms with Gasteiger partial charge in [0.05, 0.1) is 26.9 Å². The van der Waals surface area contributed by atoms with Gasteiger partial charge >= 0.3 is 0 Å². The SMILES string of the molecule is COc1ccc(OC)c(C(O)C(C)NC(C)CO)c1. The Hall–Kier alpha value is -1.30. The first-order valence-corrected chi connectivity index (χ1v) is 6.30. The van der Waals surface area contributed by atoms with Gasteiger partial charge in [-0.3, -0.25) is 0 Å². The Morgan fingerprint density at radius 1 is 1.21 bits per heavy atom. The van der Waals surface area contributed by atoms with E-state index in [-0.39, 0.29) is 18.7 Å². The van der Waals surface area contributed by atoms with Gasteiger partial charge in [0.25, 0.3) is 0 Å². The molecule has 1 aromatic rings. The third-order valence-corrected chi connectivity index (χ3v) is 3.05. The molecule has 3 atom stereocenters. The monoisotopic (exact) mass is 269 g/mol. The van der Waals surface area contributed by atoms with Crippen LogP contribution < -0.4 is 14.8 Å². The van der Waals surface area contributed by atoms with Crippen molar-refractivity contribution in [2.45, 2.75) is 32.0 Å². The summed E-state index contributed by atoms with van der Waals surface area (Å²) in [4.78, 5) is 0. The van der Waals surface area contributed by atoms with Gasteiger partial charge in [-0.05, 0) is 32.0 Å². The predicted octanol–water partition coefficient (Wildman–Crippen LogP) is 1.10. The fourth-order valence-electron chi connectivity index (χ4n) is 1.93. The minimum absolute atomic E-state index is 0.0201. The van der Waals surface area contributed by atoms with Gasteiger partial charge < -0.3 is 25.0 Å². The lowest BCUT2D eigenvalue weighted by molar-refractivity contribution is 0.119. The highest BCUT2D eigenvalue weighted by Crippen LogP contribution is 2.31. The molecular formula is C14H23NO4. The van der Waals surface area contributed by atoms with Crippen LogP contribution in [-0.4, -0.2) is 43.1 Å². The standard InChI is InChI=1S/C14H23NO4/c1-9(8-16)15-10(2)14(17)12-7-11(18-3)5-6-13(12)19-4/h5-7,9-10,14-17H,8H2,1-4H3. The van der Waals surface area contributed by atoms with E-state index in [1.54, 1.807) is 32.4 Å². The minimum Gasteiger partial charge on any atom is -0.497 e. The van der Waals surface area contributed by atoms with Crippen LogP contribution in [-0.2, 0) is 0 Å². The zero-order chi connectivity index (χ0) is 14.4. The molecule has 0 amide bonds. The molecule has 0 spiro atoms. The quantitative estimate of drug-likeness (QED) is 0.691. The lowest BCUT2D eigenvalue weighted by Gasteiger charge is -2.25.